The molecule has 1 N–H and O–H groups in total. The van der Waals surface area contributed by atoms with E-state index in [2.05, 4.69) is 0 Å². The molecule has 0 bridgehead atoms. The van der Waals surface area contributed by atoms with Crippen molar-refractivity contribution >= 4 is 0 Å². The highest BCUT2D eigenvalue weighted by Crippen LogP contribution is 2.30. The maximum absolute atomic E-state index is 13.7. The Bertz CT molecular complexity index is 612. The van der Waals surface area contributed by atoms with Crippen LogP contribution in [0.2, 0.25) is 0 Å². The van der Waals surface area contributed by atoms with E-state index >= 15 is 0 Å². The molecule has 0 radical (unpaired) electrons. The molecule has 0 aliphatic carbocycles. The first kappa shape index (κ1) is 14.6. The minimum atomic E-state index is -1.39. The molecule has 0 aromatic heterocycles. The van der Waals surface area contributed by atoms with Gasteiger partial charge < -0.3 is 5.11 Å². The average Bonchev–Trinajstić information content (AvgIpc) is 2.42. The van der Waals surface area contributed by atoms with Gasteiger partial charge in [-0.3, -0.25) is 0 Å². The fourth-order valence-electron chi connectivity index (χ4n) is 2.19. The summed E-state index contributed by atoms with van der Waals surface area (Å²) in [5.74, 6) is -1.85. The summed E-state index contributed by atoms with van der Waals surface area (Å²) >= 11 is 0. The summed E-state index contributed by atoms with van der Waals surface area (Å²) in [4.78, 5) is 0. The Labute approximate surface area is 115 Å². The Hall–Kier alpha value is -1.81. The normalized spacial score (nSPS) is 14.1. The van der Waals surface area contributed by atoms with Gasteiger partial charge in [0.05, 0.1) is 5.60 Å². The fraction of sp³-hybridized carbons (Fsp3) is 0.250. The molecule has 0 spiro atoms. The van der Waals surface area contributed by atoms with E-state index in [1.54, 1.807) is 13.0 Å². The standard InChI is InChI=1S/C16H15F3O/c1-2-16(20,12-4-3-5-13(17)8-12)10-11-6-7-14(18)9-15(11)19/h3-9,20H,2,10H2,1H3. The maximum Gasteiger partial charge on any atom is 0.129 e. The smallest absolute Gasteiger partial charge is 0.129 e. The van der Waals surface area contributed by atoms with E-state index in [0.717, 1.165) is 12.1 Å². The highest BCUT2D eigenvalue weighted by molar-refractivity contribution is 5.28. The topological polar surface area (TPSA) is 20.2 Å². The Morgan fingerprint density at radius 2 is 1.70 bits per heavy atom. The summed E-state index contributed by atoms with van der Waals surface area (Å²) in [6.07, 6.45) is 0.242. The van der Waals surface area contributed by atoms with Gasteiger partial charge in [0.1, 0.15) is 17.5 Å². The number of benzene rings is 2. The molecule has 2 aromatic rings. The van der Waals surface area contributed by atoms with E-state index in [1.165, 1.54) is 24.3 Å². The van der Waals surface area contributed by atoms with Gasteiger partial charge >= 0.3 is 0 Å². The summed E-state index contributed by atoms with van der Waals surface area (Å²) in [5, 5.41) is 10.6. The zero-order valence-corrected chi connectivity index (χ0v) is 11.0. The zero-order chi connectivity index (χ0) is 14.8. The predicted octanol–water partition coefficient (Wildman–Crippen LogP) is 3.94. The highest BCUT2D eigenvalue weighted by Gasteiger charge is 2.29. The van der Waals surface area contributed by atoms with Crippen molar-refractivity contribution in [2.75, 3.05) is 0 Å². The quantitative estimate of drug-likeness (QED) is 0.899. The fourth-order valence-corrected chi connectivity index (χ4v) is 2.19. The molecule has 0 aliphatic rings. The molecule has 0 fully saturated rings. The van der Waals surface area contributed by atoms with Crippen LogP contribution in [0.15, 0.2) is 42.5 Å². The van der Waals surface area contributed by atoms with Crippen molar-refractivity contribution in [2.45, 2.75) is 25.4 Å². The largest absolute Gasteiger partial charge is 0.385 e. The minimum absolute atomic E-state index is 0.0426. The van der Waals surface area contributed by atoms with Crippen LogP contribution in [-0.4, -0.2) is 5.11 Å². The number of hydrogen-bond acceptors (Lipinski definition) is 1. The molecule has 20 heavy (non-hydrogen) atoms. The molecule has 1 nitrogen and oxygen atoms in total. The minimum Gasteiger partial charge on any atom is -0.385 e. The molecule has 0 heterocycles. The summed E-state index contributed by atoms with van der Waals surface area (Å²) < 4.78 is 39.8. The molecule has 1 atom stereocenters. The van der Waals surface area contributed by atoms with Crippen LogP contribution in [0.3, 0.4) is 0 Å². The SMILES string of the molecule is CCC(O)(Cc1ccc(F)cc1F)c1cccc(F)c1. The van der Waals surface area contributed by atoms with Crippen molar-refractivity contribution in [3.8, 4) is 0 Å². The molecule has 0 aliphatic heterocycles. The zero-order valence-electron chi connectivity index (χ0n) is 11.0. The number of halogens is 3. The van der Waals surface area contributed by atoms with Crippen molar-refractivity contribution < 1.29 is 18.3 Å². The van der Waals surface area contributed by atoms with E-state index in [0.29, 0.717) is 5.56 Å². The van der Waals surface area contributed by atoms with E-state index in [1.807, 2.05) is 0 Å². The van der Waals surface area contributed by atoms with Crippen LogP contribution in [0.5, 0.6) is 0 Å². The first-order valence-corrected chi connectivity index (χ1v) is 6.37. The molecule has 0 saturated carbocycles. The molecule has 4 heteroatoms. The van der Waals surface area contributed by atoms with Crippen molar-refractivity contribution in [1.29, 1.82) is 0 Å². The van der Waals surface area contributed by atoms with E-state index in [4.69, 9.17) is 0 Å². The predicted molar refractivity (Wildman–Crippen MR) is 70.6 cm³/mol. The second kappa shape index (κ2) is 5.67. The van der Waals surface area contributed by atoms with Gasteiger partial charge in [-0.25, -0.2) is 13.2 Å². The number of hydrogen-bond donors (Lipinski definition) is 1. The van der Waals surface area contributed by atoms with Crippen LogP contribution >= 0.6 is 0 Å². The molecular weight excluding hydrogens is 265 g/mol. The lowest BCUT2D eigenvalue weighted by Gasteiger charge is -2.27. The van der Waals surface area contributed by atoms with Crippen LogP contribution in [0.1, 0.15) is 24.5 Å². The molecule has 0 amide bonds. The Kier molecular flexibility index (Phi) is 4.14. The van der Waals surface area contributed by atoms with Gasteiger partial charge in [0.25, 0.3) is 0 Å². The van der Waals surface area contributed by atoms with Crippen molar-refractivity contribution in [2.24, 2.45) is 0 Å². The van der Waals surface area contributed by atoms with Crippen LogP contribution in [-0.2, 0) is 12.0 Å². The van der Waals surface area contributed by atoms with Crippen LogP contribution in [0, 0.1) is 17.5 Å². The van der Waals surface area contributed by atoms with E-state index < -0.39 is 23.1 Å². The third-order valence-corrected chi connectivity index (χ3v) is 3.44. The van der Waals surface area contributed by atoms with Crippen LogP contribution < -0.4 is 0 Å². The van der Waals surface area contributed by atoms with Gasteiger partial charge in [-0.15, -0.1) is 0 Å². The van der Waals surface area contributed by atoms with Gasteiger partial charge in [0, 0.05) is 12.5 Å². The summed E-state index contributed by atoms with van der Waals surface area (Å²) in [6, 6.07) is 8.80. The van der Waals surface area contributed by atoms with Crippen molar-refractivity contribution in [3.05, 3.63) is 71.0 Å². The summed E-state index contributed by atoms with van der Waals surface area (Å²) in [5.41, 5.74) is -0.815. The third kappa shape index (κ3) is 3.02. The Morgan fingerprint density at radius 1 is 1.00 bits per heavy atom. The first-order chi connectivity index (χ1) is 9.44. The molecule has 2 aromatic carbocycles. The van der Waals surface area contributed by atoms with Gasteiger partial charge in [-0.1, -0.05) is 25.1 Å². The number of rotatable bonds is 4. The van der Waals surface area contributed by atoms with E-state index in [-0.39, 0.29) is 18.4 Å². The Morgan fingerprint density at radius 3 is 2.30 bits per heavy atom. The van der Waals surface area contributed by atoms with Gasteiger partial charge in [-0.05, 0) is 35.7 Å². The first-order valence-electron chi connectivity index (χ1n) is 6.37. The van der Waals surface area contributed by atoms with Crippen LogP contribution in [0.25, 0.3) is 0 Å². The lowest BCUT2D eigenvalue weighted by molar-refractivity contribution is 0.0315. The third-order valence-electron chi connectivity index (χ3n) is 3.44. The lowest BCUT2D eigenvalue weighted by Crippen LogP contribution is -2.28. The lowest BCUT2D eigenvalue weighted by atomic mass is 9.85. The monoisotopic (exact) mass is 280 g/mol. The van der Waals surface area contributed by atoms with Crippen LogP contribution in [0.4, 0.5) is 13.2 Å². The molecule has 0 saturated heterocycles. The maximum atomic E-state index is 13.7. The molecule has 106 valence electrons. The van der Waals surface area contributed by atoms with Gasteiger partial charge in [0.2, 0.25) is 0 Å². The molecule has 1 unspecified atom stereocenters. The average molecular weight is 280 g/mol. The van der Waals surface area contributed by atoms with E-state index in [9.17, 15) is 18.3 Å². The summed E-state index contributed by atoms with van der Waals surface area (Å²) in [6.45, 7) is 1.73. The number of aliphatic hydroxyl groups is 1. The Balaban J connectivity index is 2.36. The van der Waals surface area contributed by atoms with Crippen molar-refractivity contribution in [1.82, 2.24) is 0 Å². The second-order valence-electron chi connectivity index (χ2n) is 4.81. The molecular formula is C16H15F3O. The van der Waals surface area contributed by atoms with Gasteiger partial charge in [0.15, 0.2) is 0 Å². The van der Waals surface area contributed by atoms with Gasteiger partial charge in [-0.2, -0.15) is 0 Å². The molecule has 2 rings (SSSR count). The highest BCUT2D eigenvalue weighted by atomic mass is 19.1. The van der Waals surface area contributed by atoms with Crippen molar-refractivity contribution in [3.63, 3.8) is 0 Å². The second-order valence-corrected chi connectivity index (χ2v) is 4.81. The summed E-state index contributed by atoms with van der Waals surface area (Å²) in [7, 11) is 0.